The molecule has 1 unspecified atom stereocenters. The summed E-state index contributed by atoms with van der Waals surface area (Å²) in [5.41, 5.74) is 0. The highest BCUT2D eigenvalue weighted by Gasteiger charge is 2.26. The van der Waals surface area contributed by atoms with Crippen LogP contribution in [-0.4, -0.2) is 33.2 Å². The van der Waals surface area contributed by atoms with E-state index in [9.17, 15) is 9.59 Å². The summed E-state index contributed by atoms with van der Waals surface area (Å²) in [4.78, 5) is 26.1. The van der Waals surface area contributed by atoms with E-state index < -0.39 is 5.76 Å². The van der Waals surface area contributed by atoms with Crippen LogP contribution in [-0.2, 0) is 11.3 Å². The number of likely N-dealkylation sites (tertiary alicyclic amines) is 1. The van der Waals surface area contributed by atoms with Crippen LogP contribution in [0.1, 0.15) is 32.6 Å². The molecule has 3 rings (SSSR count). The van der Waals surface area contributed by atoms with Crippen molar-refractivity contribution in [1.29, 1.82) is 0 Å². The number of nitrogens with zero attached hydrogens (tertiary/aromatic N) is 3. The van der Waals surface area contributed by atoms with Crippen LogP contribution in [0.25, 0.3) is 11.7 Å². The van der Waals surface area contributed by atoms with Gasteiger partial charge in [-0.2, -0.15) is 4.68 Å². The number of aromatic nitrogens is 2. The second-order valence-electron chi connectivity index (χ2n) is 5.45. The summed E-state index contributed by atoms with van der Waals surface area (Å²) in [7, 11) is 0. The van der Waals surface area contributed by atoms with Crippen molar-refractivity contribution >= 4 is 5.91 Å². The highest BCUT2D eigenvalue weighted by Crippen LogP contribution is 2.20. The van der Waals surface area contributed by atoms with E-state index in [1.807, 2.05) is 4.90 Å². The van der Waals surface area contributed by atoms with E-state index >= 15 is 0 Å². The number of hydrogen-bond donors (Lipinski definition) is 0. The lowest BCUT2D eigenvalue weighted by Crippen LogP contribution is -2.45. The standard InChI is InChI=1S/C15H19N3O4/c1-2-11-6-3-4-8-17(11)13(19)10-18-15(20)22-14(16-18)12-7-5-9-21-12/h5,7,9,11H,2-4,6,8,10H2,1H3. The highest BCUT2D eigenvalue weighted by molar-refractivity contribution is 5.76. The molecule has 0 aromatic carbocycles. The fourth-order valence-corrected chi connectivity index (χ4v) is 2.88. The summed E-state index contributed by atoms with van der Waals surface area (Å²) in [6.45, 7) is 2.72. The summed E-state index contributed by atoms with van der Waals surface area (Å²) in [5, 5.41) is 4.03. The Morgan fingerprint density at radius 2 is 2.32 bits per heavy atom. The molecule has 0 aliphatic carbocycles. The molecule has 2 aromatic rings. The van der Waals surface area contributed by atoms with Gasteiger partial charge in [0.15, 0.2) is 5.76 Å². The Morgan fingerprint density at radius 3 is 3.05 bits per heavy atom. The van der Waals surface area contributed by atoms with Crippen LogP contribution in [0.5, 0.6) is 0 Å². The first-order chi connectivity index (χ1) is 10.7. The molecule has 1 atom stereocenters. The molecule has 118 valence electrons. The van der Waals surface area contributed by atoms with Crippen molar-refractivity contribution in [2.45, 2.75) is 45.2 Å². The zero-order valence-electron chi connectivity index (χ0n) is 12.5. The minimum Gasteiger partial charge on any atom is -0.459 e. The average molecular weight is 305 g/mol. The van der Waals surface area contributed by atoms with Crippen molar-refractivity contribution in [3.05, 3.63) is 28.9 Å². The van der Waals surface area contributed by atoms with Crippen LogP contribution in [0, 0.1) is 0 Å². The molecule has 7 heteroatoms. The third-order valence-electron chi connectivity index (χ3n) is 4.04. The van der Waals surface area contributed by atoms with E-state index in [0.717, 1.165) is 36.9 Å². The molecule has 1 fully saturated rings. The minimum absolute atomic E-state index is 0.0899. The number of rotatable bonds is 4. The van der Waals surface area contributed by atoms with Crippen molar-refractivity contribution in [1.82, 2.24) is 14.7 Å². The van der Waals surface area contributed by atoms with Gasteiger partial charge in [0.2, 0.25) is 5.91 Å². The van der Waals surface area contributed by atoms with Gasteiger partial charge in [0, 0.05) is 12.6 Å². The Labute approximate surface area is 127 Å². The van der Waals surface area contributed by atoms with Gasteiger partial charge in [0.05, 0.1) is 6.26 Å². The monoisotopic (exact) mass is 305 g/mol. The Kier molecular flexibility index (Phi) is 4.13. The molecule has 1 amide bonds. The molecule has 0 radical (unpaired) electrons. The van der Waals surface area contributed by atoms with Gasteiger partial charge in [0.1, 0.15) is 6.54 Å². The van der Waals surface area contributed by atoms with Crippen LogP contribution >= 0.6 is 0 Å². The molecule has 1 aliphatic heterocycles. The number of furan rings is 1. The Bertz CT molecular complexity index is 686. The Balaban J connectivity index is 1.75. The van der Waals surface area contributed by atoms with Gasteiger partial charge in [-0.1, -0.05) is 6.92 Å². The molecular formula is C15H19N3O4. The molecule has 7 nitrogen and oxygen atoms in total. The zero-order chi connectivity index (χ0) is 15.5. The second-order valence-corrected chi connectivity index (χ2v) is 5.45. The molecule has 0 N–H and O–H groups in total. The third-order valence-corrected chi connectivity index (χ3v) is 4.04. The van der Waals surface area contributed by atoms with Crippen molar-refractivity contribution in [2.24, 2.45) is 0 Å². The molecule has 0 saturated carbocycles. The molecular weight excluding hydrogens is 286 g/mol. The largest absolute Gasteiger partial charge is 0.459 e. The van der Waals surface area contributed by atoms with E-state index in [2.05, 4.69) is 12.0 Å². The molecule has 1 aliphatic rings. The number of carbonyl (C=O) groups excluding carboxylic acids is 1. The SMILES string of the molecule is CCC1CCCCN1C(=O)Cn1nc(-c2ccco2)oc1=O. The van der Waals surface area contributed by atoms with Gasteiger partial charge >= 0.3 is 5.76 Å². The van der Waals surface area contributed by atoms with E-state index in [0.29, 0.717) is 5.76 Å². The van der Waals surface area contributed by atoms with Crippen molar-refractivity contribution in [3.8, 4) is 11.7 Å². The highest BCUT2D eigenvalue weighted by atomic mass is 16.4. The first kappa shape index (κ1) is 14.6. The zero-order valence-corrected chi connectivity index (χ0v) is 12.5. The molecule has 1 saturated heterocycles. The summed E-state index contributed by atoms with van der Waals surface area (Å²) in [5.74, 6) is -0.279. The Hall–Kier alpha value is -2.31. The molecule has 0 bridgehead atoms. The topological polar surface area (TPSA) is 81.5 Å². The van der Waals surface area contributed by atoms with Crippen molar-refractivity contribution in [3.63, 3.8) is 0 Å². The van der Waals surface area contributed by atoms with E-state index in [4.69, 9.17) is 8.83 Å². The number of carbonyl (C=O) groups is 1. The van der Waals surface area contributed by atoms with E-state index in [1.165, 1.54) is 6.26 Å². The van der Waals surface area contributed by atoms with Gasteiger partial charge in [-0.3, -0.25) is 4.79 Å². The number of hydrogen-bond acceptors (Lipinski definition) is 5. The van der Waals surface area contributed by atoms with Gasteiger partial charge in [-0.05, 0) is 37.8 Å². The summed E-state index contributed by atoms with van der Waals surface area (Å²) in [6.07, 6.45) is 5.58. The molecule has 3 heterocycles. The van der Waals surface area contributed by atoms with Crippen LogP contribution in [0.4, 0.5) is 0 Å². The van der Waals surface area contributed by atoms with Crippen LogP contribution in [0.2, 0.25) is 0 Å². The van der Waals surface area contributed by atoms with Crippen LogP contribution < -0.4 is 5.76 Å². The fraction of sp³-hybridized carbons (Fsp3) is 0.533. The predicted molar refractivity (Wildman–Crippen MR) is 78.1 cm³/mol. The maximum absolute atomic E-state index is 12.4. The molecule has 22 heavy (non-hydrogen) atoms. The first-order valence-electron chi connectivity index (χ1n) is 7.60. The maximum Gasteiger partial charge on any atom is 0.437 e. The van der Waals surface area contributed by atoms with Gasteiger partial charge in [0.25, 0.3) is 5.89 Å². The lowest BCUT2D eigenvalue weighted by molar-refractivity contribution is -0.135. The number of amides is 1. The smallest absolute Gasteiger partial charge is 0.437 e. The van der Waals surface area contributed by atoms with E-state index in [-0.39, 0.29) is 24.4 Å². The summed E-state index contributed by atoms with van der Waals surface area (Å²) >= 11 is 0. The molecule has 0 spiro atoms. The van der Waals surface area contributed by atoms with Crippen LogP contribution in [0.15, 0.2) is 32.0 Å². The summed E-state index contributed by atoms with van der Waals surface area (Å²) in [6, 6.07) is 3.59. The lowest BCUT2D eigenvalue weighted by atomic mass is 10.00. The van der Waals surface area contributed by atoms with E-state index in [1.54, 1.807) is 12.1 Å². The van der Waals surface area contributed by atoms with Gasteiger partial charge in [-0.15, -0.1) is 5.10 Å². The third kappa shape index (κ3) is 2.84. The second kappa shape index (κ2) is 6.21. The van der Waals surface area contributed by atoms with Crippen molar-refractivity contribution in [2.75, 3.05) is 6.54 Å². The van der Waals surface area contributed by atoms with Crippen molar-refractivity contribution < 1.29 is 13.6 Å². The normalized spacial score (nSPS) is 18.6. The predicted octanol–water partition coefficient (Wildman–Crippen LogP) is 1.89. The lowest BCUT2D eigenvalue weighted by Gasteiger charge is -2.35. The summed E-state index contributed by atoms with van der Waals surface area (Å²) < 4.78 is 11.2. The first-order valence-corrected chi connectivity index (χ1v) is 7.60. The van der Waals surface area contributed by atoms with Crippen LogP contribution in [0.3, 0.4) is 0 Å². The quantitative estimate of drug-likeness (QED) is 0.861. The average Bonchev–Trinajstić information content (AvgIpc) is 3.17. The van der Waals surface area contributed by atoms with Gasteiger partial charge < -0.3 is 13.7 Å². The van der Waals surface area contributed by atoms with Gasteiger partial charge in [-0.25, -0.2) is 4.79 Å². The number of piperidine rings is 1. The fourth-order valence-electron chi connectivity index (χ4n) is 2.88. The Morgan fingerprint density at radius 1 is 1.45 bits per heavy atom. The molecule has 2 aromatic heterocycles. The maximum atomic E-state index is 12.4. The minimum atomic E-state index is -0.648.